The van der Waals surface area contributed by atoms with Gasteiger partial charge in [0, 0.05) is 44.8 Å². The van der Waals surface area contributed by atoms with Gasteiger partial charge in [-0.05, 0) is 57.7 Å². The Bertz CT molecular complexity index is 303. The van der Waals surface area contributed by atoms with Gasteiger partial charge in [-0.15, -0.1) is 0 Å². The quantitative estimate of drug-likeness (QED) is 0.691. The lowest BCUT2D eigenvalue weighted by atomic mass is 9.93. The molecule has 2 fully saturated rings. The van der Waals surface area contributed by atoms with Crippen LogP contribution in [0.5, 0.6) is 0 Å². The summed E-state index contributed by atoms with van der Waals surface area (Å²) in [5.74, 6) is 1.74. The Morgan fingerprint density at radius 2 is 1.64 bits per heavy atom. The summed E-state index contributed by atoms with van der Waals surface area (Å²) in [6.07, 6.45) is 6.41. The molecule has 0 aliphatic carbocycles. The molecule has 0 saturated carbocycles. The van der Waals surface area contributed by atoms with E-state index in [1.165, 1.54) is 58.5 Å². The van der Waals surface area contributed by atoms with Crippen LogP contribution >= 0.6 is 11.9 Å². The van der Waals surface area contributed by atoms with E-state index >= 15 is 0 Å². The third kappa shape index (κ3) is 5.40. The van der Waals surface area contributed by atoms with Crippen molar-refractivity contribution in [3.05, 3.63) is 0 Å². The largest absolute Gasteiger partial charge is 0.300 e. The Labute approximate surface area is 142 Å². The standard InChI is InChI=1S/C18H37N3S/c1-15(2)12-19-13-16(3)21(17(4)14-19)11-8-18-6-9-20(22-5)10-7-18/h15-18H,6-14H2,1-5H3/t16-,17-/m1/s1. The molecule has 0 N–H and O–H groups in total. The van der Waals surface area contributed by atoms with Crippen LogP contribution in [0.3, 0.4) is 0 Å². The minimum absolute atomic E-state index is 0.716. The van der Waals surface area contributed by atoms with Crippen molar-refractivity contribution >= 4 is 11.9 Å². The lowest BCUT2D eigenvalue weighted by Crippen LogP contribution is -2.57. The van der Waals surface area contributed by atoms with Gasteiger partial charge in [-0.25, -0.2) is 0 Å². The molecule has 2 rings (SSSR count). The number of nitrogens with zero attached hydrogens (tertiary/aromatic N) is 3. The fourth-order valence-corrected chi connectivity index (χ4v) is 4.86. The van der Waals surface area contributed by atoms with Gasteiger partial charge in [-0.2, -0.15) is 0 Å². The van der Waals surface area contributed by atoms with Crippen molar-refractivity contribution in [3.63, 3.8) is 0 Å². The van der Waals surface area contributed by atoms with Crippen LogP contribution < -0.4 is 0 Å². The van der Waals surface area contributed by atoms with Crippen molar-refractivity contribution in [1.29, 1.82) is 0 Å². The van der Waals surface area contributed by atoms with Gasteiger partial charge in [0.25, 0.3) is 0 Å². The van der Waals surface area contributed by atoms with E-state index in [0.717, 1.165) is 11.8 Å². The molecule has 0 spiro atoms. The highest BCUT2D eigenvalue weighted by Crippen LogP contribution is 2.25. The zero-order valence-corrected chi connectivity index (χ0v) is 16.2. The van der Waals surface area contributed by atoms with Crippen LogP contribution in [0.15, 0.2) is 0 Å². The fourth-order valence-electron chi connectivity index (χ4n) is 4.28. The number of piperidine rings is 1. The molecule has 2 saturated heterocycles. The van der Waals surface area contributed by atoms with Gasteiger partial charge in [0.1, 0.15) is 0 Å². The Morgan fingerprint density at radius 1 is 1.05 bits per heavy atom. The highest BCUT2D eigenvalue weighted by Gasteiger charge is 2.30. The summed E-state index contributed by atoms with van der Waals surface area (Å²) in [5, 5.41) is 0. The zero-order valence-electron chi connectivity index (χ0n) is 15.4. The summed E-state index contributed by atoms with van der Waals surface area (Å²) in [6.45, 7) is 17.2. The van der Waals surface area contributed by atoms with E-state index in [1.807, 2.05) is 11.9 Å². The maximum absolute atomic E-state index is 2.78. The normalized spacial score (nSPS) is 30.3. The minimum Gasteiger partial charge on any atom is -0.300 e. The van der Waals surface area contributed by atoms with Crippen LogP contribution in [0.1, 0.15) is 47.0 Å². The van der Waals surface area contributed by atoms with Crippen LogP contribution in [0.4, 0.5) is 0 Å². The molecule has 3 nitrogen and oxygen atoms in total. The summed E-state index contributed by atoms with van der Waals surface area (Å²) in [6, 6.07) is 1.43. The molecule has 0 aromatic carbocycles. The van der Waals surface area contributed by atoms with Crippen molar-refractivity contribution in [1.82, 2.24) is 14.1 Å². The fraction of sp³-hybridized carbons (Fsp3) is 1.00. The van der Waals surface area contributed by atoms with Crippen molar-refractivity contribution in [3.8, 4) is 0 Å². The van der Waals surface area contributed by atoms with Gasteiger partial charge >= 0.3 is 0 Å². The van der Waals surface area contributed by atoms with E-state index < -0.39 is 0 Å². The Balaban J connectivity index is 1.74. The molecule has 2 heterocycles. The van der Waals surface area contributed by atoms with Gasteiger partial charge in [-0.1, -0.05) is 25.8 Å². The lowest BCUT2D eigenvalue weighted by Gasteiger charge is -2.45. The molecule has 0 aromatic rings. The average Bonchev–Trinajstić information content (AvgIpc) is 2.46. The van der Waals surface area contributed by atoms with E-state index in [9.17, 15) is 0 Å². The molecule has 130 valence electrons. The van der Waals surface area contributed by atoms with Crippen molar-refractivity contribution in [2.45, 2.75) is 59.0 Å². The van der Waals surface area contributed by atoms with E-state index in [0.29, 0.717) is 12.1 Å². The van der Waals surface area contributed by atoms with Crippen LogP contribution in [0.25, 0.3) is 0 Å². The first-order chi connectivity index (χ1) is 10.5. The molecule has 2 atom stereocenters. The van der Waals surface area contributed by atoms with Gasteiger partial charge in [0.05, 0.1) is 0 Å². The monoisotopic (exact) mass is 327 g/mol. The summed E-state index contributed by atoms with van der Waals surface area (Å²) in [4.78, 5) is 5.45. The molecule has 2 aliphatic rings. The lowest BCUT2D eigenvalue weighted by molar-refractivity contribution is 0.0283. The highest BCUT2D eigenvalue weighted by atomic mass is 32.2. The molecule has 0 bridgehead atoms. The van der Waals surface area contributed by atoms with Crippen LogP contribution in [0, 0.1) is 11.8 Å². The summed E-state index contributed by atoms with van der Waals surface area (Å²) >= 11 is 1.92. The molecule has 0 radical (unpaired) electrons. The molecule has 0 amide bonds. The van der Waals surface area contributed by atoms with Crippen molar-refractivity contribution in [2.75, 3.05) is 45.5 Å². The summed E-state index contributed by atoms with van der Waals surface area (Å²) < 4.78 is 2.52. The Kier molecular flexibility index (Phi) is 7.52. The van der Waals surface area contributed by atoms with E-state index in [2.05, 4.69) is 48.1 Å². The van der Waals surface area contributed by atoms with Crippen molar-refractivity contribution in [2.24, 2.45) is 11.8 Å². The van der Waals surface area contributed by atoms with Crippen molar-refractivity contribution < 1.29 is 0 Å². The number of rotatable bonds is 6. The SMILES string of the molecule is CSN1CCC(CCN2[C@H](C)CN(CC(C)C)C[C@H]2C)CC1. The topological polar surface area (TPSA) is 9.72 Å². The van der Waals surface area contributed by atoms with Crippen LogP contribution in [-0.4, -0.2) is 71.7 Å². The zero-order chi connectivity index (χ0) is 16.1. The van der Waals surface area contributed by atoms with Crippen LogP contribution in [-0.2, 0) is 0 Å². The Morgan fingerprint density at radius 3 is 2.14 bits per heavy atom. The molecule has 22 heavy (non-hydrogen) atoms. The van der Waals surface area contributed by atoms with Gasteiger partial charge in [0.2, 0.25) is 0 Å². The maximum atomic E-state index is 2.78. The first kappa shape index (κ1) is 18.6. The van der Waals surface area contributed by atoms with E-state index in [4.69, 9.17) is 0 Å². The number of piperazine rings is 1. The number of hydrogen-bond donors (Lipinski definition) is 0. The molecule has 4 heteroatoms. The highest BCUT2D eigenvalue weighted by molar-refractivity contribution is 7.96. The Hall–Kier alpha value is 0.230. The van der Waals surface area contributed by atoms with Crippen LogP contribution in [0.2, 0.25) is 0 Å². The number of hydrogen-bond acceptors (Lipinski definition) is 4. The smallest absolute Gasteiger partial charge is 0.0198 e. The maximum Gasteiger partial charge on any atom is 0.0198 e. The molecule has 2 aliphatic heterocycles. The average molecular weight is 328 g/mol. The molecular formula is C18H37N3S. The summed E-state index contributed by atoms with van der Waals surface area (Å²) in [5.41, 5.74) is 0. The molecular weight excluding hydrogens is 290 g/mol. The van der Waals surface area contributed by atoms with E-state index in [-0.39, 0.29) is 0 Å². The first-order valence-electron chi connectivity index (χ1n) is 9.26. The third-order valence-corrected chi connectivity index (χ3v) is 6.31. The van der Waals surface area contributed by atoms with Gasteiger partial charge < -0.3 is 0 Å². The summed E-state index contributed by atoms with van der Waals surface area (Å²) in [7, 11) is 0. The first-order valence-corrected chi connectivity index (χ1v) is 10.4. The predicted octanol–water partition coefficient (Wildman–Crippen LogP) is 3.42. The second-order valence-corrected chi connectivity index (χ2v) is 8.77. The predicted molar refractivity (Wildman–Crippen MR) is 99.3 cm³/mol. The third-order valence-electron chi connectivity index (χ3n) is 5.43. The second-order valence-electron chi connectivity index (χ2n) is 7.89. The van der Waals surface area contributed by atoms with E-state index in [1.54, 1.807) is 0 Å². The van der Waals surface area contributed by atoms with Gasteiger partial charge in [-0.3, -0.25) is 14.1 Å². The molecule has 0 unspecified atom stereocenters. The molecule has 0 aromatic heterocycles. The second kappa shape index (κ2) is 8.91. The minimum atomic E-state index is 0.716. The van der Waals surface area contributed by atoms with Gasteiger partial charge in [0.15, 0.2) is 0 Å².